The molecule has 0 fully saturated rings. The van der Waals surface area contributed by atoms with Crippen LogP contribution in [-0.4, -0.2) is 0 Å². The van der Waals surface area contributed by atoms with Crippen LogP contribution in [0, 0.1) is 6.92 Å². The molecule has 0 atom stereocenters. The van der Waals surface area contributed by atoms with Crippen LogP contribution in [0.1, 0.15) is 58.6 Å². The Morgan fingerprint density at radius 2 is 1.42 bits per heavy atom. The van der Waals surface area contributed by atoms with Crippen molar-refractivity contribution in [3.63, 3.8) is 0 Å². The zero-order valence-electron chi connectivity index (χ0n) is 13.8. The monoisotopic (exact) mass is 260 g/mol. The van der Waals surface area contributed by atoms with Gasteiger partial charge >= 0.3 is 0 Å². The lowest BCUT2D eigenvalue weighted by Gasteiger charge is -2.24. The molecule has 0 aliphatic rings. The number of rotatable bonds is 4. The fourth-order valence-electron chi connectivity index (χ4n) is 1.77. The molecular formula is C19H32. The molecule has 0 bridgehead atoms. The maximum absolute atomic E-state index is 3.36. The molecule has 1 aromatic rings. The van der Waals surface area contributed by atoms with Gasteiger partial charge in [0.15, 0.2) is 0 Å². The number of aryl methyl sites for hydroxylation is 1. The molecule has 0 aromatic heterocycles. The SMILES string of the molecule is C=CC=C.CC.CCCC(C)(C)c1ccc(C)cc1. The van der Waals surface area contributed by atoms with Gasteiger partial charge < -0.3 is 0 Å². The Labute approximate surface area is 121 Å². The van der Waals surface area contributed by atoms with Gasteiger partial charge in [0.05, 0.1) is 0 Å². The summed E-state index contributed by atoms with van der Waals surface area (Å²) in [6, 6.07) is 8.91. The van der Waals surface area contributed by atoms with Crippen LogP contribution in [0.5, 0.6) is 0 Å². The fourth-order valence-corrected chi connectivity index (χ4v) is 1.77. The lowest BCUT2D eigenvalue weighted by Crippen LogP contribution is -2.16. The van der Waals surface area contributed by atoms with Gasteiger partial charge in [-0.25, -0.2) is 0 Å². The molecule has 0 heteroatoms. The molecule has 0 aliphatic heterocycles. The van der Waals surface area contributed by atoms with Crippen LogP contribution in [0.2, 0.25) is 0 Å². The first kappa shape index (κ1) is 20.0. The summed E-state index contributed by atoms with van der Waals surface area (Å²) in [4.78, 5) is 0. The molecule has 0 unspecified atom stereocenters. The first-order chi connectivity index (χ1) is 8.97. The molecule has 1 rings (SSSR count). The van der Waals surface area contributed by atoms with Crippen LogP contribution < -0.4 is 0 Å². The van der Waals surface area contributed by atoms with Gasteiger partial charge in [0, 0.05) is 0 Å². The smallest absolute Gasteiger partial charge is 0.0104 e. The molecule has 19 heavy (non-hydrogen) atoms. The van der Waals surface area contributed by atoms with Crippen molar-refractivity contribution in [2.45, 2.75) is 59.8 Å². The summed E-state index contributed by atoms with van der Waals surface area (Å²) in [6.07, 6.45) is 5.79. The van der Waals surface area contributed by atoms with Crippen molar-refractivity contribution < 1.29 is 0 Å². The Kier molecular flexibility index (Phi) is 12.4. The third-order valence-corrected chi connectivity index (χ3v) is 2.87. The lowest BCUT2D eigenvalue weighted by atomic mass is 9.80. The van der Waals surface area contributed by atoms with Gasteiger partial charge in [-0.3, -0.25) is 0 Å². The average Bonchev–Trinajstić information content (AvgIpc) is 2.42. The van der Waals surface area contributed by atoms with E-state index in [-0.39, 0.29) is 0 Å². The number of benzene rings is 1. The summed E-state index contributed by atoms with van der Waals surface area (Å²) in [5.74, 6) is 0. The molecule has 0 heterocycles. The van der Waals surface area contributed by atoms with Crippen molar-refractivity contribution >= 4 is 0 Å². The van der Waals surface area contributed by atoms with Gasteiger partial charge in [-0.15, -0.1) is 0 Å². The van der Waals surface area contributed by atoms with Gasteiger partial charge in [-0.1, -0.05) is 96.2 Å². The van der Waals surface area contributed by atoms with E-state index >= 15 is 0 Å². The van der Waals surface area contributed by atoms with Crippen molar-refractivity contribution in [3.05, 3.63) is 60.7 Å². The van der Waals surface area contributed by atoms with E-state index in [2.05, 4.69) is 65.1 Å². The normalized spacial score (nSPS) is 9.37. The molecule has 0 radical (unpaired) electrons. The standard InChI is InChI=1S/C13H20.C4H6.C2H6/c1-5-10-13(3,4)12-8-6-11(2)7-9-12;1-3-4-2;1-2/h6-9H,5,10H2,1-4H3;3-4H,1-2H2;1-2H3. The van der Waals surface area contributed by atoms with Gasteiger partial charge in [-0.05, 0) is 24.3 Å². The minimum absolute atomic E-state index is 0.336. The first-order valence-corrected chi connectivity index (χ1v) is 7.28. The van der Waals surface area contributed by atoms with Crippen LogP contribution in [0.3, 0.4) is 0 Å². The molecule has 108 valence electrons. The number of hydrogen-bond acceptors (Lipinski definition) is 0. The Balaban J connectivity index is 0. The molecule has 1 aromatic carbocycles. The Morgan fingerprint density at radius 1 is 1.00 bits per heavy atom. The topological polar surface area (TPSA) is 0 Å². The molecule has 0 saturated heterocycles. The minimum atomic E-state index is 0.336. The summed E-state index contributed by atoms with van der Waals surface area (Å²) >= 11 is 0. The first-order valence-electron chi connectivity index (χ1n) is 7.28. The molecule has 0 N–H and O–H groups in total. The summed E-state index contributed by atoms with van der Waals surface area (Å²) in [6.45, 7) is 19.7. The van der Waals surface area contributed by atoms with E-state index in [1.54, 1.807) is 12.2 Å². The highest BCUT2D eigenvalue weighted by molar-refractivity contribution is 5.27. The zero-order valence-corrected chi connectivity index (χ0v) is 13.8. The zero-order chi connectivity index (χ0) is 15.3. The third kappa shape index (κ3) is 9.30. The van der Waals surface area contributed by atoms with Crippen molar-refractivity contribution in [2.75, 3.05) is 0 Å². The van der Waals surface area contributed by atoms with E-state index in [0.29, 0.717) is 5.41 Å². The predicted molar refractivity (Wildman–Crippen MR) is 90.9 cm³/mol. The largest absolute Gasteiger partial charge is 0.0991 e. The average molecular weight is 260 g/mol. The summed E-state index contributed by atoms with van der Waals surface area (Å²) in [5.41, 5.74) is 3.14. The van der Waals surface area contributed by atoms with Crippen molar-refractivity contribution in [3.8, 4) is 0 Å². The second-order valence-corrected chi connectivity index (χ2v) is 4.97. The summed E-state index contributed by atoms with van der Waals surface area (Å²) in [5, 5.41) is 0. The highest BCUT2D eigenvalue weighted by Crippen LogP contribution is 2.28. The van der Waals surface area contributed by atoms with Crippen LogP contribution in [0.25, 0.3) is 0 Å². The van der Waals surface area contributed by atoms with Crippen LogP contribution in [0.4, 0.5) is 0 Å². The van der Waals surface area contributed by atoms with Gasteiger partial charge in [0.2, 0.25) is 0 Å². The van der Waals surface area contributed by atoms with Gasteiger partial charge in [-0.2, -0.15) is 0 Å². The van der Waals surface area contributed by atoms with Crippen molar-refractivity contribution in [1.29, 1.82) is 0 Å². The third-order valence-electron chi connectivity index (χ3n) is 2.87. The Hall–Kier alpha value is -1.30. The Bertz CT molecular complexity index is 322. The van der Waals surface area contributed by atoms with Crippen molar-refractivity contribution in [2.24, 2.45) is 0 Å². The molecule has 0 saturated carbocycles. The predicted octanol–water partition coefficient (Wildman–Crippen LogP) is 6.46. The second kappa shape index (κ2) is 11.8. The van der Waals surface area contributed by atoms with E-state index in [1.807, 2.05) is 13.8 Å². The maximum Gasteiger partial charge on any atom is -0.0104 e. The minimum Gasteiger partial charge on any atom is -0.0991 e. The van der Waals surface area contributed by atoms with E-state index in [0.717, 1.165) is 0 Å². The molecule has 0 spiro atoms. The lowest BCUT2D eigenvalue weighted by molar-refractivity contribution is 0.473. The quantitative estimate of drug-likeness (QED) is 0.545. The van der Waals surface area contributed by atoms with E-state index < -0.39 is 0 Å². The highest BCUT2D eigenvalue weighted by atomic mass is 14.2. The van der Waals surface area contributed by atoms with Gasteiger partial charge in [0.25, 0.3) is 0 Å². The van der Waals surface area contributed by atoms with Crippen LogP contribution in [-0.2, 0) is 5.41 Å². The van der Waals surface area contributed by atoms with E-state index in [9.17, 15) is 0 Å². The molecule has 0 aliphatic carbocycles. The second-order valence-electron chi connectivity index (χ2n) is 4.97. The van der Waals surface area contributed by atoms with Crippen LogP contribution >= 0.6 is 0 Å². The van der Waals surface area contributed by atoms with E-state index in [4.69, 9.17) is 0 Å². The van der Waals surface area contributed by atoms with E-state index in [1.165, 1.54) is 24.0 Å². The highest BCUT2D eigenvalue weighted by Gasteiger charge is 2.18. The molecule has 0 amide bonds. The summed E-state index contributed by atoms with van der Waals surface area (Å²) < 4.78 is 0. The number of hydrogen-bond donors (Lipinski definition) is 0. The molecule has 0 nitrogen and oxygen atoms in total. The van der Waals surface area contributed by atoms with Crippen LogP contribution in [0.15, 0.2) is 49.6 Å². The Morgan fingerprint density at radius 3 is 1.74 bits per heavy atom. The van der Waals surface area contributed by atoms with Gasteiger partial charge in [0.1, 0.15) is 0 Å². The number of allylic oxidation sites excluding steroid dienone is 2. The summed E-state index contributed by atoms with van der Waals surface area (Å²) in [7, 11) is 0. The maximum atomic E-state index is 3.36. The van der Waals surface area contributed by atoms with Crippen molar-refractivity contribution in [1.82, 2.24) is 0 Å². The fraction of sp³-hybridized carbons (Fsp3) is 0.474. The molecular weight excluding hydrogens is 228 g/mol.